The minimum absolute atomic E-state index is 0.288. The van der Waals surface area contributed by atoms with Crippen molar-refractivity contribution in [2.24, 2.45) is 0 Å². The molecule has 0 aliphatic heterocycles. The Hall–Kier alpha value is -3.02. The maximum absolute atomic E-state index is 11.8. The summed E-state index contributed by atoms with van der Waals surface area (Å²) < 4.78 is 5.09. The Morgan fingerprint density at radius 2 is 1.86 bits per heavy atom. The number of nitrogens with one attached hydrogen (secondary N) is 3. The Bertz CT molecular complexity index is 648. The molecule has 6 heteroatoms. The van der Waals surface area contributed by atoms with Crippen molar-refractivity contribution in [3.63, 3.8) is 0 Å². The Morgan fingerprint density at radius 3 is 2.52 bits per heavy atom. The molecule has 21 heavy (non-hydrogen) atoms. The third kappa shape index (κ3) is 4.54. The van der Waals surface area contributed by atoms with Crippen LogP contribution in [-0.2, 0) is 4.79 Å². The number of amides is 3. The number of hydrogen-bond acceptors (Lipinski definition) is 3. The van der Waals surface area contributed by atoms with Crippen LogP contribution in [-0.4, -0.2) is 19.0 Å². The van der Waals surface area contributed by atoms with Crippen LogP contribution in [0.2, 0.25) is 0 Å². The zero-order chi connectivity index (χ0) is 15.1. The predicted molar refractivity (Wildman–Crippen MR) is 80.9 cm³/mol. The van der Waals surface area contributed by atoms with Crippen molar-refractivity contribution in [3.05, 3.63) is 54.5 Å². The molecule has 0 saturated carbocycles. The fourth-order valence-electron chi connectivity index (χ4n) is 1.60. The van der Waals surface area contributed by atoms with E-state index in [2.05, 4.69) is 16.0 Å². The van der Waals surface area contributed by atoms with E-state index in [0.717, 1.165) is 0 Å². The van der Waals surface area contributed by atoms with Crippen molar-refractivity contribution in [1.82, 2.24) is 5.32 Å². The van der Waals surface area contributed by atoms with Gasteiger partial charge >= 0.3 is 6.03 Å². The van der Waals surface area contributed by atoms with Crippen LogP contribution in [0.4, 0.5) is 16.2 Å². The first-order valence-corrected chi connectivity index (χ1v) is 6.29. The molecule has 0 bridgehead atoms. The fourth-order valence-corrected chi connectivity index (χ4v) is 1.60. The maximum Gasteiger partial charge on any atom is 0.318 e. The molecule has 1 aromatic heterocycles. The van der Waals surface area contributed by atoms with E-state index < -0.39 is 0 Å². The Morgan fingerprint density at radius 1 is 1.10 bits per heavy atom. The van der Waals surface area contributed by atoms with Gasteiger partial charge in [-0.25, -0.2) is 4.79 Å². The summed E-state index contributed by atoms with van der Waals surface area (Å²) in [6, 6.07) is 10.0. The number of carbonyl (C=O) groups is 2. The summed E-state index contributed by atoms with van der Waals surface area (Å²) in [7, 11) is 1.53. The second kappa shape index (κ2) is 6.95. The molecule has 0 atom stereocenters. The van der Waals surface area contributed by atoms with Crippen molar-refractivity contribution in [2.45, 2.75) is 0 Å². The molecule has 108 valence electrons. The van der Waals surface area contributed by atoms with Gasteiger partial charge in [0.2, 0.25) is 5.91 Å². The van der Waals surface area contributed by atoms with Gasteiger partial charge in [0.1, 0.15) is 5.76 Å². The number of carbonyl (C=O) groups excluding carboxylic acids is 2. The third-order valence-electron chi connectivity index (χ3n) is 2.56. The zero-order valence-corrected chi connectivity index (χ0v) is 11.4. The SMILES string of the molecule is CNC(=O)Nc1cccc(NC(=O)/C=C/c2ccco2)c1. The van der Waals surface area contributed by atoms with Crippen molar-refractivity contribution < 1.29 is 14.0 Å². The molecule has 2 aromatic rings. The lowest BCUT2D eigenvalue weighted by molar-refractivity contribution is -0.111. The summed E-state index contributed by atoms with van der Waals surface area (Å²) in [5.74, 6) is 0.309. The van der Waals surface area contributed by atoms with E-state index in [1.807, 2.05) is 0 Å². The Kier molecular flexibility index (Phi) is 4.76. The summed E-state index contributed by atoms with van der Waals surface area (Å²) in [5.41, 5.74) is 1.17. The summed E-state index contributed by atoms with van der Waals surface area (Å²) in [6.45, 7) is 0. The lowest BCUT2D eigenvalue weighted by Gasteiger charge is -2.07. The van der Waals surface area contributed by atoms with Crippen LogP contribution in [0.5, 0.6) is 0 Å². The Balaban J connectivity index is 1.97. The van der Waals surface area contributed by atoms with Gasteiger partial charge in [-0.1, -0.05) is 6.07 Å². The molecular formula is C15H15N3O3. The normalized spacial score (nSPS) is 10.3. The number of benzene rings is 1. The molecule has 0 aliphatic carbocycles. The first-order chi connectivity index (χ1) is 10.2. The van der Waals surface area contributed by atoms with Gasteiger partial charge in [0, 0.05) is 24.5 Å². The standard InChI is InChI=1S/C15H15N3O3/c1-16-15(20)18-12-5-2-4-11(10-12)17-14(19)8-7-13-6-3-9-21-13/h2-10H,1H3,(H,17,19)(H2,16,18,20)/b8-7+. The highest BCUT2D eigenvalue weighted by Crippen LogP contribution is 2.15. The van der Waals surface area contributed by atoms with Gasteiger partial charge < -0.3 is 20.4 Å². The summed E-state index contributed by atoms with van der Waals surface area (Å²) >= 11 is 0. The summed E-state index contributed by atoms with van der Waals surface area (Å²) in [5, 5.41) is 7.77. The third-order valence-corrected chi connectivity index (χ3v) is 2.56. The van der Waals surface area contributed by atoms with Gasteiger partial charge in [-0.3, -0.25) is 4.79 Å². The van der Waals surface area contributed by atoms with Crippen molar-refractivity contribution >= 4 is 29.4 Å². The smallest absolute Gasteiger partial charge is 0.318 e. The number of furan rings is 1. The molecule has 0 fully saturated rings. The molecule has 1 aromatic carbocycles. The largest absolute Gasteiger partial charge is 0.465 e. The zero-order valence-electron chi connectivity index (χ0n) is 11.4. The number of anilines is 2. The van der Waals surface area contributed by atoms with E-state index in [0.29, 0.717) is 17.1 Å². The first kappa shape index (κ1) is 14.4. The van der Waals surface area contributed by atoms with Crippen molar-refractivity contribution in [2.75, 3.05) is 17.7 Å². The molecule has 0 spiro atoms. The van der Waals surface area contributed by atoms with E-state index in [1.54, 1.807) is 42.5 Å². The molecule has 0 aliphatic rings. The average Bonchev–Trinajstić information content (AvgIpc) is 2.98. The molecular weight excluding hydrogens is 270 g/mol. The monoisotopic (exact) mass is 285 g/mol. The lowest BCUT2D eigenvalue weighted by atomic mass is 10.2. The highest BCUT2D eigenvalue weighted by atomic mass is 16.3. The quantitative estimate of drug-likeness (QED) is 0.755. The molecule has 3 amide bonds. The second-order valence-electron chi connectivity index (χ2n) is 4.12. The van der Waals surface area contributed by atoms with E-state index in [-0.39, 0.29) is 11.9 Å². The van der Waals surface area contributed by atoms with Crippen LogP contribution in [0, 0.1) is 0 Å². The second-order valence-corrected chi connectivity index (χ2v) is 4.12. The molecule has 0 unspecified atom stereocenters. The number of rotatable bonds is 4. The van der Waals surface area contributed by atoms with Gasteiger partial charge in [0.25, 0.3) is 0 Å². The molecule has 1 heterocycles. The van der Waals surface area contributed by atoms with Crippen molar-refractivity contribution in [1.29, 1.82) is 0 Å². The van der Waals surface area contributed by atoms with Crippen LogP contribution < -0.4 is 16.0 Å². The van der Waals surface area contributed by atoms with Gasteiger partial charge in [-0.05, 0) is 36.4 Å². The van der Waals surface area contributed by atoms with Gasteiger partial charge in [0.05, 0.1) is 6.26 Å². The maximum atomic E-state index is 11.8. The van der Waals surface area contributed by atoms with Gasteiger partial charge in [-0.2, -0.15) is 0 Å². The minimum Gasteiger partial charge on any atom is -0.465 e. The molecule has 0 radical (unpaired) electrons. The molecule has 6 nitrogen and oxygen atoms in total. The van der Waals surface area contributed by atoms with Gasteiger partial charge in [0.15, 0.2) is 0 Å². The van der Waals surface area contributed by atoms with E-state index in [1.165, 1.54) is 19.4 Å². The van der Waals surface area contributed by atoms with Crippen LogP contribution in [0.15, 0.2) is 53.2 Å². The lowest BCUT2D eigenvalue weighted by Crippen LogP contribution is -2.24. The topological polar surface area (TPSA) is 83.4 Å². The van der Waals surface area contributed by atoms with Crippen LogP contribution in [0.1, 0.15) is 5.76 Å². The summed E-state index contributed by atoms with van der Waals surface area (Å²) in [4.78, 5) is 23.0. The first-order valence-electron chi connectivity index (χ1n) is 6.29. The van der Waals surface area contributed by atoms with Gasteiger partial charge in [-0.15, -0.1) is 0 Å². The highest BCUT2D eigenvalue weighted by Gasteiger charge is 2.02. The Labute approximate surface area is 121 Å². The fraction of sp³-hybridized carbons (Fsp3) is 0.0667. The van der Waals surface area contributed by atoms with E-state index in [9.17, 15) is 9.59 Å². The van der Waals surface area contributed by atoms with Crippen LogP contribution >= 0.6 is 0 Å². The predicted octanol–water partition coefficient (Wildman–Crippen LogP) is 2.68. The van der Waals surface area contributed by atoms with E-state index >= 15 is 0 Å². The number of urea groups is 1. The summed E-state index contributed by atoms with van der Waals surface area (Å²) in [6.07, 6.45) is 4.48. The van der Waals surface area contributed by atoms with Crippen molar-refractivity contribution in [3.8, 4) is 0 Å². The van der Waals surface area contributed by atoms with Crippen LogP contribution in [0.3, 0.4) is 0 Å². The molecule has 3 N–H and O–H groups in total. The molecule has 2 rings (SSSR count). The number of hydrogen-bond donors (Lipinski definition) is 3. The van der Waals surface area contributed by atoms with E-state index in [4.69, 9.17) is 4.42 Å². The van der Waals surface area contributed by atoms with Crippen LogP contribution in [0.25, 0.3) is 6.08 Å². The minimum atomic E-state index is -0.323. The average molecular weight is 285 g/mol. The molecule has 0 saturated heterocycles. The highest BCUT2D eigenvalue weighted by molar-refractivity contribution is 6.02.